The van der Waals surface area contributed by atoms with E-state index in [1.807, 2.05) is 54.6 Å². The minimum atomic E-state index is -0.796. The predicted molar refractivity (Wildman–Crippen MR) is 82.8 cm³/mol. The highest BCUT2D eigenvalue weighted by Gasteiger charge is 2.17. The molecular formula is C18H20O3. The van der Waals surface area contributed by atoms with Crippen LogP contribution in [0.2, 0.25) is 0 Å². The van der Waals surface area contributed by atoms with Gasteiger partial charge in [-0.15, -0.1) is 0 Å². The Kier molecular flexibility index (Phi) is 5.38. The van der Waals surface area contributed by atoms with E-state index in [0.717, 1.165) is 23.3 Å². The Balaban J connectivity index is 2.22. The van der Waals surface area contributed by atoms with Crippen LogP contribution >= 0.6 is 0 Å². The maximum Gasteiger partial charge on any atom is 0.304 e. The topological polar surface area (TPSA) is 46.5 Å². The lowest BCUT2D eigenvalue weighted by Crippen LogP contribution is -2.08. The molecule has 0 unspecified atom stereocenters. The van der Waals surface area contributed by atoms with Gasteiger partial charge >= 0.3 is 5.97 Å². The number of carboxylic acids is 1. The number of carbonyl (C=O) groups is 1. The number of hydrogen-bond acceptors (Lipinski definition) is 2. The summed E-state index contributed by atoms with van der Waals surface area (Å²) >= 11 is 0. The second kappa shape index (κ2) is 7.48. The van der Waals surface area contributed by atoms with Gasteiger partial charge in [0, 0.05) is 5.92 Å². The van der Waals surface area contributed by atoms with Gasteiger partial charge in [-0.05, 0) is 29.7 Å². The molecule has 21 heavy (non-hydrogen) atoms. The molecule has 3 nitrogen and oxygen atoms in total. The van der Waals surface area contributed by atoms with Gasteiger partial charge in [0.25, 0.3) is 0 Å². The standard InChI is InChI=1S/C18H20O3/c1-2-12-21-16-10-8-15(9-11-16)17(13-18(19)20)14-6-4-3-5-7-14/h3-11,17H,2,12-13H2,1H3,(H,19,20)/t17-/m0/s1. The minimum Gasteiger partial charge on any atom is -0.494 e. The Morgan fingerprint density at radius 2 is 1.67 bits per heavy atom. The van der Waals surface area contributed by atoms with Gasteiger partial charge in [-0.25, -0.2) is 0 Å². The zero-order valence-electron chi connectivity index (χ0n) is 12.2. The summed E-state index contributed by atoms with van der Waals surface area (Å²) in [6.45, 7) is 2.75. The average Bonchev–Trinajstić information content (AvgIpc) is 2.52. The quantitative estimate of drug-likeness (QED) is 0.833. The van der Waals surface area contributed by atoms with Crippen LogP contribution in [0, 0.1) is 0 Å². The Morgan fingerprint density at radius 3 is 2.24 bits per heavy atom. The third-order valence-corrected chi connectivity index (χ3v) is 3.34. The van der Waals surface area contributed by atoms with Crippen molar-refractivity contribution in [2.45, 2.75) is 25.7 Å². The normalized spacial score (nSPS) is 11.9. The van der Waals surface area contributed by atoms with Gasteiger partial charge in [0.2, 0.25) is 0 Å². The van der Waals surface area contributed by atoms with E-state index in [1.54, 1.807) is 0 Å². The van der Waals surface area contributed by atoms with Crippen LogP contribution < -0.4 is 4.74 Å². The van der Waals surface area contributed by atoms with E-state index < -0.39 is 5.97 Å². The second-order valence-electron chi connectivity index (χ2n) is 4.98. The number of ether oxygens (including phenoxy) is 1. The number of hydrogen-bond donors (Lipinski definition) is 1. The van der Waals surface area contributed by atoms with E-state index in [2.05, 4.69) is 6.92 Å². The van der Waals surface area contributed by atoms with E-state index in [0.29, 0.717) is 6.61 Å². The summed E-state index contributed by atoms with van der Waals surface area (Å²) in [5, 5.41) is 9.15. The van der Waals surface area contributed by atoms with Gasteiger partial charge in [-0.2, -0.15) is 0 Å². The first-order valence-electron chi connectivity index (χ1n) is 7.20. The van der Waals surface area contributed by atoms with E-state index in [4.69, 9.17) is 9.84 Å². The fraction of sp³-hybridized carbons (Fsp3) is 0.278. The van der Waals surface area contributed by atoms with Crippen LogP contribution in [-0.2, 0) is 4.79 Å². The Bertz CT molecular complexity index is 561. The van der Waals surface area contributed by atoms with Crippen LogP contribution in [0.25, 0.3) is 0 Å². The average molecular weight is 284 g/mol. The van der Waals surface area contributed by atoms with E-state index in [9.17, 15) is 4.79 Å². The zero-order valence-corrected chi connectivity index (χ0v) is 12.2. The molecule has 2 aromatic carbocycles. The van der Waals surface area contributed by atoms with E-state index in [-0.39, 0.29) is 12.3 Å². The summed E-state index contributed by atoms with van der Waals surface area (Å²) < 4.78 is 5.56. The SMILES string of the molecule is CCCOc1ccc([C@@H](CC(=O)O)c2ccccc2)cc1. The van der Waals surface area contributed by atoms with Gasteiger partial charge in [-0.3, -0.25) is 4.79 Å². The summed E-state index contributed by atoms with van der Waals surface area (Å²) in [5.74, 6) is -0.109. The maximum atomic E-state index is 11.1. The molecule has 0 aliphatic rings. The van der Waals surface area contributed by atoms with Crippen LogP contribution in [0.15, 0.2) is 54.6 Å². The van der Waals surface area contributed by atoms with Crippen LogP contribution in [-0.4, -0.2) is 17.7 Å². The Labute approximate surface area is 125 Å². The first kappa shape index (κ1) is 15.1. The molecule has 0 fully saturated rings. The number of carboxylic acid groups (broad SMARTS) is 1. The van der Waals surface area contributed by atoms with Crippen molar-refractivity contribution in [2.24, 2.45) is 0 Å². The summed E-state index contributed by atoms with van der Waals surface area (Å²) in [7, 11) is 0. The highest BCUT2D eigenvalue weighted by molar-refractivity contribution is 5.69. The van der Waals surface area contributed by atoms with Gasteiger partial charge < -0.3 is 9.84 Å². The molecule has 0 radical (unpaired) electrons. The smallest absolute Gasteiger partial charge is 0.304 e. The molecule has 0 aromatic heterocycles. The lowest BCUT2D eigenvalue weighted by Gasteiger charge is -2.16. The Morgan fingerprint density at radius 1 is 1.05 bits per heavy atom. The third kappa shape index (κ3) is 4.35. The van der Waals surface area contributed by atoms with Gasteiger partial charge in [0.1, 0.15) is 5.75 Å². The van der Waals surface area contributed by atoms with Crippen molar-refractivity contribution in [3.8, 4) is 5.75 Å². The van der Waals surface area contributed by atoms with Gasteiger partial charge in [-0.1, -0.05) is 49.4 Å². The molecule has 0 spiro atoms. The number of aliphatic carboxylic acids is 1. The highest BCUT2D eigenvalue weighted by Crippen LogP contribution is 2.29. The molecule has 110 valence electrons. The van der Waals surface area contributed by atoms with Crippen molar-refractivity contribution in [3.63, 3.8) is 0 Å². The van der Waals surface area contributed by atoms with E-state index in [1.165, 1.54) is 0 Å². The molecule has 1 N–H and O–H groups in total. The molecular weight excluding hydrogens is 264 g/mol. The lowest BCUT2D eigenvalue weighted by molar-refractivity contribution is -0.137. The lowest BCUT2D eigenvalue weighted by atomic mass is 9.88. The summed E-state index contributed by atoms with van der Waals surface area (Å²) in [5.41, 5.74) is 2.01. The number of benzene rings is 2. The molecule has 3 heteroatoms. The Hall–Kier alpha value is -2.29. The van der Waals surface area contributed by atoms with Crippen molar-refractivity contribution in [2.75, 3.05) is 6.61 Å². The first-order chi connectivity index (χ1) is 10.2. The van der Waals surface area contributed by atoms with Gasteiger partial charge in [0.15, 0.2) is 0 Å². The van der Waals surface area contributed by atoms with Crippen LogP contribution in [0.3, 0.4) is 0 Å². The minimum absolute atomic E-state index is 0.0825. The van der Waals surface area contributed by atoms with Crippen molar-refractivity contribution >= 4 is 5.97 Å². The molecule has 0 heterocycles. The van der Waals surface area contributed by atoms with Crippen molar-refractivity contribution in [1.29, 1.82) is 0 Å². The fourth-order valence-corrected chi connectivity index (χ4v) is 2.30. The maximum absolute atomic E-state index is 11.1. The summed E-state index contributed by atoms with van der Waals surface area (Å²) in [4.78, 5) is 11.1. The molecule has 1 atom stereocenters. The third-order valence-electron chi connectivity index (χ3n) is 3.34. The highest BCUT2D eigenvalue weighted by atomic mass is 16.5. The molecule has 0 saturated carbocycles. The fourth-order valence-electron chi connectivity index (χ4n) is 2.30. The zero-order chi connectivity index (χ0) is 15.1. The monoisotopic (exact) mass is 284 g/mol. The molecule has 2 aromatic rings. The van der Waals surface area contributed by atoms with Crippen LogP contribution in [0.4, 0.5) is 0 Å². The first-order valence-corrected chi connectivity index (χ1v) is 7.20. The molecule has 2 rings (SSSR count). The summed E-state index contributed by atoms with van der Waals surface area (Å²) in [6, 6.07) is 17.4. The summed E-state index contributed by atoms with van der Waals surface area (Å²) in [6.07, 6.45) is 1.05. The molecule has 0 amide bonds. The predicted octanol–water partition coefficient (Wildman–Crippen LogP) is 4.08. The van der Waals surface area contributed by atoms with Crippen molar-refractivity contribution < 1.29 is 14.6 Å². The second-order valence-corrected chi connectivity index (χ2v) is 4.98. The van der Waals surface area contributed by atoms with Crippen molar-refractivity contribution in [3.05, 3.63) is 65.7 Å². The van der Waals surface area contributed by atoms with Crippen molar-refractivity contribution in [1.82, 2.24) is 0 Å². The molecule has 0 saturated heterocycles. The van der Waals surface area contributed by atoms with Crippen LogP contribution in [0.1, 0.15) is 36.8 Å². The molecule has 0 aliphatic heterocycles. The molecule has 0 bridgehead atoms. The van der Waals surface area contributed by atoms with E-state index >= 15 is 0 Å². The number of rotatable bonds is 7. The van der Waals surface area contributed by atoms with Gasteiger partial charge in [0.05, 0.1) is 13.0 Å². The largest absolute Gasteiger partial charge is 0.494 e. The van der Waals surface area contributed by atoms with Crippen LogP contribution in [0.5, 0.6) is 5.75 Å². The molecule has 0 aliphatic carbocycles.